The Kier molecular flexibility index (Phi) is 4.65. The molecule has 1 amide bonds. The molecule has 3 N–H and O–H groups in total. The number of nitrogen functional groups attached to an aromatic ring is 1. The molecular weight excluding hydrogens is 295 g/mol. The minimum Gasteiger partial charge on any atom is -0.492 e. The van der Waals surface area contributed by atoms with E-state index in [1.54, 1.807) is 19.1 Å². The van der Waals surface area contributed by atoms with Gasteiger partial charge in [0.05, 0.1) is 23.0 Å². The van der Waals surface area contributed by atoms with Crippen LogP contribution in [0.15, 0.2) is 36.4 Å². The quantitative estimate of drug-likeness (QED) is 0.846. The predicted octanol–water partition coefficient (Wildman–Crippen LogP) is 3.71. The van der Waals surface area contributed by atoms with E-state index in [1.807, 2.05) is 0 Å². The summed E-state index contributed by atoms with van der Waals surface area (Å²) in [5.74, 6) is -0.552. The SMILES string of the molecule is CCOc1cc(F)ccc1NC(=O)c1ccc(N)c(Cl)c1. The van der Waals surface area contributed by atoms with Gasteiger partial charge in [-0.2, -0.15) is 0 Å². The van der Waals surface area contributed by atoms with Gasteiger partial charge in [0.25, 0.3) is 5.91 Å². The summed E-state index contributed by atoms with van der Waals surface area (Å²) in [5.41, 5.74) is 6.72. The van der Waals surface area contributed by atoms with Gasteiger partial charge in [-0.25, -0.2) is 4.39 Å². The number of amides is 1. The number of hydrogen-bond donors (Lipinski definition) is 2. The molecule has 2 aromatic rings. The predicted molar refractivity (Wildman–Crippen MR) is 81.4 cm³/mol. The summed E-state index contributed by atoms with van der Waals surface area (Å²) in [6, 6.07) is 8.47. The fraction of sp³-hybridized carbons (Fsp3) is 0.133. The molecule has 0 atom stereocenters. The van der Waals surface area contributed by atoms with Gasteiger partial charge in [-0.15, -0.1) is 0 Å². The van der Waals surface area contributed by atoms with Gasteiger partial charge < -0.3 is 15.8 Å². The third-order valence-corrected chi connectivity index (χ3v) is 3.08. The van der Waals surface area contributed by atoms with E-state index in [1.165, 1.54) is 24.3 Å². The summed E-state index contributed by atoms with van der Waals surface area (Å²) in [6.45, 7) is 2.14. The van der Waals surface area contributed by atoms with Crippen molar-refractivity contribution in [1.82, 2.24) is 0 Å². The number of ether oxygens (including phenoxy) is 1. The first kappa shape index (κ1) is 15.1. The Morgan fingerprint density at radius 3 is 2.76 bits per heavy atom. The molecule has 0 bridgehead atoms. The summed E-state index contributed by atoms with van der Waals surface area (Å²) in [5, 5.41) is 2.95. The van der Waals surface area contributed by atoms with Crippen molar-refractivity contribution in [1.29, 1.82) is 0 Å². The Hall–Kier alpha value is -2.27. The molecule has 0 saturated carbocycles. The highest BCUT2D eigenvalue weighted by molar-refractivity contribution is 6.33. The normalized spacial score (nSPS) is 10.2. The molecule has 0 radical (unpaired) electrons. The standard InChI is InChI=1S/C15H14ClFN2O2/c1-2-21-14-8-10(17)4-6-13(14)19-15(20)9-3-5-12(18)11(16)7-9/h3-8H,2,18H2,1H3,(H,19,20). The minimum absolute atomic E-state index is 0.271. The van der Waals surface area contributed by atoms with Crippen LogP contribution in [0.4, 0.5) is 15.8 Å². The van der Waals surface area contributed by atoms with Crippen molar-refractivity contribution in [2.45, 2.75) is 6.92 Å². The summed E-state index contributed by atoms with van der Waals surface area (Å²) in [6.07, 6.45) is 0. The summed E-state index contributed by atoms with van der Waals surface area (Å²) in [4.78, 5) is 12.2. The van der Waals surface area contributed by atoms with Crippen molar-refractivity contribution in [2.75, 3.05) is 17.7 Å². The van der Waals surface area contributed by atoms with Crippen LogP contribution in [0.2, 0.25) is 5.02 Å². The molecule has 0 aliphatic carbocycles. The lowest BCUT2D eigenvalue weighted by atomic mass is 10.2. The topological polar surface area (TPSA) is 64.3 Å². The molecular formula is C15H14ClFN2O2. The molecule has 0 saturated heterocycles. The van der Waals surface area contributed by atoms with Crippen LogP contribution in [0.1, 0.15) is 17.3 Å². The van der Waals surface area contributed by atoms with Crippen LogP contribution < -0.4 is 15.8 Å². The first-order chi connectivity index (χ1) is 10.0. The molecule has 0 aliphatic rings. The van der Waals surface area contributed by atoms with E-state index in [4.69, 9.17) is 22.1 Å². The van der Waals surface area contributed by atoms with Gasteiger partial charge in [0.2, 0.25) is 0 Å². The van der Waals surface area contributed by atoms with Crippen LogP contribution in [0.25, 0.3) is 0 Å². The van der Waals surface area contributed by atoms with Gasteiger partial charge >= 0.3 is 0 Å². The van der Waals surface area contributed by atoms with Crippen LogP contribution in [-0.2, 0) is 0 Å². The second-order valence-corrected chi connectivity index (χ2v) is 4.67. The number of carbonyl (C=O) groups is 1. The minimum atomic E-state index is -0.438. The molecule has 0 spiro atoms. The fourth-order valence-corrected chi connectivity index (χ4v) is 1.92. The van der Waals surface area contributed by atoms with Crippen LogP contribution in [-0.4, -0.2) is 12.5 Å². The van der Waals surface area contributed by atoms with E-state index in [0.717, 1.165) is 0 Å². The Morgan fingerprint density at radius 1 is 1.33 bits per heavy atom. The molecule has 21 heavy (non-hydrogen) atoms. The van der Waals surface area contributed by atoms with Crippen molar-refractivity contribution in [2.24, 2.45) is 0 Å². The Bertz CT molecular complexity index is 677. The zero-order valence-electron chi connectivity index (χ0n) is 11.3. The Labute approximate surface area is 126 Å². The lowest BCUT2D eigenvalue weighted by Crippen LogP contribution is -2.13. The molecule has 0 unspecified atom stereocenters. The number of anilines is 2. The first-order valence-corrected chi connectivity index (χ1v) is 6.67. The molecule has 4 nitrogen and oxygen atoms in total. The van der Waals surface area contributed by atoms with E-state index in [2.05, 4.69) is 5.32 Å². The highest BCUT2D eigenvalue weighted by Gasteiger charge is 2.12. The van der Waals surface area contributed by atoms with Gasteiger partial charge in [-0.05, 0) is 37.3 Å². The molecule has 0 fully saturated rings. The number of nitrogens with one attached hydrogen (secondary N) is 1. The van der Waals surface area contributed by atoms with E-state index in [9.17, 15) is 9.18 Å². The second-order valence-electron chi connectivity index (χ2n) is 4.26. The highest BCUT2D eigenvalue weighted by atomic mass is 35.5. The number of hydrogen-bond acceptors (Lipinski definition) is 3. The number of rotatable bonds is 4. The number of carbonyl (C=O) groups excluding carboxylic acids is 1. The average Bonchev–Trinajstić information content (AvgIpc) is 2.45. The average molecular weight is 309 g/mol. The van der Waals surface area contributed by atoms with Gasteiger partial charge in [-0.3, -0.25) is 4.79 Å². The maximum atomic E-state index is 13.2. The van der Waals surface area contributed by atoms with E-state index < -0.39 is 5.82 Å². The van der Waals surface area contributed by atoms with Crippen LogP contribution >= 0.6 is 11.6 Å². The third kappa shape index (κ3) is 3.64. The van der Waals surface area contributed by atoms with Crippen LogP contribution in [0.3, 0.4) is 0 Å². The van der Waals surface area contributed by atoms with Crippen LogP contribution in [0, 0.1) is 5.82 Å². The van der Waals surface area contributed by atoms with E-state index in [-0.39, 0.29) is 11.7 Å². The number of nitrogens with two attached hydrogens (primary N) is 1. The number of benzene rings is 2. The lowest BCUT2D eigenvalue weighted by molar-refractivity contribution is 0.102. The summed E-state index contributed by atoms with van der Waals surface area (Å²) < 4.78 is 18.5. The fourth-order valence-electron chi connectivity index (χ4n) is 1.74. The van der Waals surface area contributed by atoms with E-state index >= 15 is 0 Å². The molecule has 0 aromatic heterocycles. The smallest absolute Gasteiger partial charge is 0.255 e. The van der Waals surface area contributed by atoms with Crippen molar-refractivity contribution in [3.8, 4) is 5.75 Å². The molecule has 6 heteroatoms. The lowest BCUT2D eigenvalue weighted by Gasteiger charge is -2.12. The maximum absolute atomic E-state index is 13.2. The Morgan fingerprint density at radius 2 is 2.10 bits per heavy atom. The number of halogens is 2. The van der Waals surface area contributed by atoms with Crippen molar-refractivity contribution < 1.29 is 13.9 Å². The van der Waals surface area contributed by atoms with Crippen molar-refractivity contribution >= 4 is 28.9 Å². The van der Waals surface area contributed by atoms with Crippen molar-refractivity contribution in [3.05, 3.63) is 52.8 Å². The third-order valence-electron chi connectivity index (χ3n) is 2.75. The summed E-state index contributed by atoms with van der Waals surface area (Å²) >= 11 is 5.88. The zero-order valence-corrected chi connectivity index (χ0v) is 12.1. The summed E-state index contributed by atoms with van der Waals surface area (Å²) in [7, 11) is 0. The molecule has 2 aromatic carbocycles. The van der Waals surface area contributed by atoms with E-state index in [0.29, 0.717) is 28.6 Å². The maximum Gasteiger partial charge on any atom is 0.255 e. The van der Waals surface area contributed by atoms with Crippen molar-refractivity contribution in [3.63, 3.8) is 0 Å². The van der Waals surface area contributed by atoms with Gasteiger partial charge in [-0.1, -0.05) is 11.6 Å². The Balaban J connectivity index is 2.24. The monoisotopic (exact) mass is 308 g/mol. The van der Waals surface area contributed by atoms with Crippen LogP contribution in [0.5, 0.6) is 5.75 Å². The molecule has 110 valence electrons. The first-order valence-electron chi connectivity index (χ1n) is 6.30. The molecule has 2 rings (SSSR count). The van der Waals surface area contributed by atoms with Gasteiger partial charge in [0.1, 0.15) is 11.6 Å². The highest BCUT2D eigenvalue weighted by Crippen LogP contribution is 2.27. The largest absolute Gasteiger partial charge is 0.492 e. The van der Waals surface area contributed by atoms with Gasteiger partial charge in [0, 0.05) is 11.6 Å². The molecule has 0 heterocycles. The van der Waals surface area contributed by atoms with Gasteiger partial charge in [0.15, 0.2) is 0 Å². The molecule has 0 aliphatic heterocycles. The second kappa shape index (κ2) is 6.45. The zero-order chi connectivity index (χ0) is 15.4.